The lowest BCUT2D eigenvalue weighted by Crippen LogP contribution is -2.43. The average Bonchev–Trinajstić information content (AvgIpc) is 2.63. The Morgan fingerprint density at radius 1 is 1.19 bits per heavy atom. The summed E-state index contributed by atoms with van der Waals surface area (Å²) in [4.78, 5) is 38.8. The Morgan fingerprint density at radius 3 is 2.31 bits per heavy atom. The van der Waals surface area contributed by atoms with E-state index in [9.17, 15) is 18.8 Å². The first kappa shape index (κ1) is 19.6. The molecule has 2 aromatic rings. The molecule has 1 aromatic heterocycles. The summed E-state index contributed by atoms with van der Waals surface area (Å²) in [6.07, 6.45) is 0. The number of ketones is 1. The van der Waals surface area contributed by atoms with Gasteiger partial charge >= 0.3 is 5.69 Å². The number of hydrogen-bond donors (Lipinski definition) is 1. The van der Waals surface area contributed by atoms with Crippen LogP contribution in [0, 0.1) is 5.82 Å². The number of carbonyl (C=O) groups is 1. The van der Waals surface area contributed by atoms with Gasteiger partial charge in [-0.15, -0.1) is 0 Å². The van der Waals surface area contributed by atoms with Crippen molar-refractivity contribution < 1.29 is 9.18 Å². The van der Waals surface area contributed by atoms with E-state index in [0.717, 1.165) is 14.7 Å². The smallest absolute Gasteiger partial charge is 0.332 e. The van der Waals surface area contributed by atoms with Gasteiger partial charge in [-0.05, 0) is 31.2 Å². The topological polar surface area (TPSA) is 90.3 Å². The molecule has 8 heteroatoms. The zero-order chi connectivity index (χ0) is 19.6. The van der Waals surface area contributed by atoms with E-state index in [0.29, 0.717) is 6.54 Å². The van der Waals surface area contributed by atoms with E-state index in [2.05, 4.69) is 0 Å². The average molecular weight is 362 g/mol. The van der Waals surface area contributed by atoms with Crippen molar-refractivity contribution >= 4 is 11.6 Å². The van der Waals surface area contributed by atoms with Gasteiger partial charge in [0.05, 0.1) is 6.54 Å². The fourth-order valence-electron chi connectivity index (χ4n) is 2.86. The number of halogens is 1. The third kappa shape index (κ3) is 3.60. The summed E-state index contributed by atoms with van der Waals surface area (Å²) in [6, 6.07) is 5.88. The lowest BCUT2D eigenvalue weighted by atomic mass is 10.1. The second-order valence-electron chi connectivity index (χ2n) is 6.18. The number of nitrogens with zero attached hydrogens (tertiary/aromatic N) is 3. The van der Waals surface area contributed by atoms with Crippen LogP contribution in [0.15, 0.2) is 33.9 Å². The molecule has 2 rings (SSSR count). The van der Waals surface area contributed by atoms with Crippen molar-refractivity contribution in [2.45, 2.75) is 19.9 Å². The quantitative estimate of drug-likeness (QED) is 0.777. The van der Waals surface area contributed by atoms with Crippen molar-refractivity contribution in [1.82, 2.24) is 14.0 Å². The van der Waals surface area contributed by atoms with Crippen molar-refractivity contribution in [2.75, 3.05) is 18.8 Å². The second kappa shape index (κ2) is 7.65. The van der Waals surface area contributed by atoms with Gasteiger partial charge in [-0.1, -0.05) is 19.1 Å². The SMILES string of the molecule is CCN(CC(=O)c1c(N)n(C)c(=O)n(C)c1=O)C(C)c1ccc(F)cc1. The monoisotopic (exact) mass is 362 g/mol. The van der Waals surface area contributed by atoms with Crippen molar-refractivity contribution in [3.8, 4) is 0 Å². The van der Waals surface area contributed by atoms with E-state index in [-0.39, 0.29) is 29.8 Å². The molecule has 0 aliphatic carbocycles. The van der Waals surface area contributed by atoms with E-state index in [4.69, 9.17) is 5.73 Å². The van der Waals surface area contributed by atoms with Gasteiger partial charge in [0.2, 0.25) is 0 Å². The Bertz CT molecular complexity index is 931. The number of nitrogens with two attached hydrogens (primary N) is 1. The van der Waals surface area contributed by atoms with Crippen LogP contribution >= 0.6 is 0 Å². The third-order valence-electron chi connectivity index (χ3n) is 4.64. The molecule has 0 radical (unpaired) electrons. The molecule has 0 fully saturated rings. The normalized spacial score (nSPS) is 12.4. The maximum absolute atomic E-state index is 13.1. The number of likely N-dealkylation sites (N-methyl/N-ethyl adjacent to an activating group) is 1. The minimum absolute atomic E-state index is 0.0489. The van der Waals surface area contributed by atoms with Crippen molar-refractivity contribution in [2.24, 2.45) is 14.1 Å². The number of Topliss-reactive ketones (excluding diaryl/α,β-unsaturated/α-hetero) is 1. The minimum Gasteiger partial charge on any atom is -0.384 e. The summed E-state index contributed by atoms with van der Waals surface area (Å²) in [6.45, 7) is 4.27. The molecule has 26 heavy (non-hydrogen) atoms. The summed E-state index contributed by atoms with van der Waals surface area (Å²) in [5.74, 6) is -0.940. The Hall–Kier alpha value is -2.74. The van der Waals surface area contributed by atoms with E-state index < -0.39 is 17.0 Å². The number of anilines is 1. The van der Waals surface area contributed by atoms with Crippen LogP contribution in [0.2, 0.25) is 0 Å². The first-order valence-corrected chi connectivity index (χ1v) is 8.27. The van der Waals surface area contributed by atoms with Crippen LogP contribution in [0.1, 0.15) is 35.8 Å². The molecule has 0 spiro atoms. The highest BCUT2D eigenvalue weighted by molar-refractivity contribution is 6.01. The molecule has 0 saturated carbocycles. The summed E-state index contributed by atoms with van der Waals surface area (Å²) in [5.41, 5.74) is 5.20. The van der Waals surface area contributed by atoms with Crippen LogP contribution in [0.4, 0.5) is 10.2 Å². The van der Waals surface area contributed by atoms with Crippen LogP contribution in [-0.4, -0.2) is 32.9 Å². The van der Waals surface area contributed by atoms with E-state index in [1.54, 1.807) is 12.1 Å². The molecule has 0 saturated heterocycles. The Morgan fingerprint density at radius 2 is 1.77 bits per heavy atom. The Balaban J connectivity index is 2.35. The fraction of sp³-hybridized carbons (Fsp3) is 0.389. The molecular formula is C18H23FN4O3. The van der Waals surface area contributed by atoms with Gasteiger partial charge in [0, 0.05) is 20.1 Å². The molecule has 2 N–H and O–H groups in total. The number of rotatable bonds is 6. The fourth-order valence-corrected chi connectivity index (χ4v) is 2.86. The second-order valence-corrected chi connectivity index (χ2v) is 6.18. The maximum atomic E-state index is 13.1. The molecule has 7 nitrogen and oxygen atoms in total. The molecule has 140 valence electrons. The van der Waals surface area contributed by atoms with Crippen LogP contribution in [0.5, 0.6) is 0 Å². The third-order valence-corrected chi connectivity index (χ3v) is 4.64. The van der Waals surface area contributed by atoms with Crippen LogP contribution in [-0.2, 0) is 14.1 Å². The molecule has 1 unspecified atom stereocenters. The predicted molar refractivity (Wildman–Crippen MR) is 97.7 cm³/mol. The maximum Gasteiger partial charge on any atom is 0.332 e. The number of carbonyl (C=O) groups excluding carboxylic acids is 1. The van der Waals surface area contributed by atoms with Gasteiger partial charge in [0.1, 0.15) is 17.2 Å². The standard InChI is InChI=1S/C18H23FN4O3/c1-5-23(11(2)12-6-8-13(19)9-7-12)10-14(24)15-16(20)21(3)18(26)22(4)17(15)25/h6-9,11H,5,10,20H2,1-4H3. The molecule has 1 aromatic carbocycles. The van der Waals surface area contributed by atoms with Crippen LogP contribution in [0.25, 0.3) is 0 Å². The van der Waals surface area contributed by atoms with Crippen molar-refractivity contribution in [1.29, 1.82) is 0 Å². The molecule has 0 aliphatic heterocycles. The van der Waals surface area contributed by atoms with Crippen LogP contribution in [0.3, 0.4) is 0 Å². The van der Waals surface area contributed by atoms with Crippen molar-refractivity contribution in [3.05, 3.63) is 62.0 Å². The Kier molecular flexibility index (Phi) is 5.76. The lowest BCUT2D eigenvalue weighted by Gasteiger charge is -2.27. The van der Waals surface area contributed by atoms with E-state index in [1.807, 2.05) is 18.7 Å². The predicted octanol–water partition coefficient (Wildman–Crippen LogP) is 1.07. The first-order chi connectivity index (χ1) is 12.2. The van der Waals surface area contributed by atoms with Gasteiger partial charge in [-0.2, -0.15) is 0 Å². The molecule has 0 bridgehead atoms. The number of nitrogen functional groups attached to an aromatic ring is 1. The molecule has 1 heterocycles. The Labute approximate surface area is 150 Å². The van der Waals surface area contributed by atoms with Gasteiger partial charge in [-0.25, -0.2) is 9.18 Å². The highest BCUT2D eigenvalue weighted by Crippen LogP contribution is 2.20. The summed E-state index contributed by atoms with van der Waals surface area (Å²) in [7, 11) is 2.71. The lowest BCUT2D eigenvalue weighted by molar-refractivity contribution is 0.0902. The van der Waals surface area contributed by atoms with Crippen molar-refractivity contribution in [3.63, 3.8) is 0 Å². The highest BCUT2D eigenvalue weighted by Gasteiger charge is 2.24. The summed E-state index contributed by atoms with van der Waals surface area (Å²) >= 11 is 0. The molecule has 0 aliphatic rings. The number of benzene rings is 1. The van der Waals surface area contributed by atoms with Gasteiger partial charge in [0.25, 0.3) is 5.56 Å². The van der Waals surface area contributed by atoms with Gasteiger partial charge < -0.3 is 5.73 Å². The molecule has 1 atom stereocenters. The number of hydrogen-bond acceptors (Lipinski definition) is 5. The highest BCUT2D eigenvalue weighted by atomic mass is 19.1. The summed E-state index contributed by atoms with van der Waals surface area (Å²) < 4.78 is 15.1. The van der Waals surface area contributed by atoms with Gasteiger partial charge in [-0.3, -0.25) is 23.6 Å². The molecule has 0 amide bonds. The van der Waals surface area contributed by atoms with Gasteiger partial charge in [0.15, 0.2) is 5.78 Å². The minimum atomic E-state index is -0.707. The molecular weight excluding hydrogens is 339 g/mol. The largest absolute Gasteiger partial charge is 0.384 e. The van der Waals surface area contributed by atoms with Crippen LogP contribution < -0.4 is 17.0 Å². The van der Waals surface area contributed by atoms with E-state index >= 15 is 0 Å². The first-order valence-electron chi connectivity index (χ1n) is 8.27. The zero-order valence-electron chi connectivity index (χ0n) is 15.3. The summed E-state index contributed by atoms with van der Waals surface area (Å²) in [5, 5.41) is 0. The van der Waals surface area contributed by atoms with E-state index in [1.165, 1.54) is 26.2 Å². The zero-order valence-corrected chi connectivity index (χ0v) is 15.3. The number of aromatic nitrogens is 2.